The van der Waals surface area contributed by atoms with Gasteiger partial charge in [0, 0.05) is 32.7 Å². The van der Waals surface area contributed by atoms with Crippen LogP contribution in [-0.2, 0) is 4.79 Å². The topological polar surface area (TPSA) is 52.7 Å². The minimum Gasteiger partial charge on any atom is -0.376 e. The molecule has 1 heterocycles. The molecule has 1 N–H and O–H groups in total. The van der Waals surface area contributed by atoms with Crippen molar-refractivity contribution in [2.75, 3.05) is 37.4 Å². The number of rotatable bonds is 4. The predicted molar refractivity (Wildman–Crippen MR) is 109 cm³/mol. The zero-order valence-electron chi connectivity index (χ0n) is 16.2. The average molecular weight is 365 g/mol. The van der Waals surface area contributed by atoms with E-state index in [-0.39, 0.29) is 17.7 Å². The molecule has 1 aliphatic rings. The number of carbonyl (C=O) groups excluding carboxylic acids is 2. The molecule has 142 valence electrons. The third-order valence-electron chi connectivity index (χ3n) is 5.02. The van der Waals surface area contributed by atoms with Crippen LogP contribution in [0.15, 0.2) is 48.5 Å². The van der Waals surface area contributed by atoms with Crippen LogP contribution in [0.5, 0.6) is 0 Å². The summed E-state index contributed by atoms with van der Waals surface area (Å²) in [4.78, 5) is 29.4. The predicted octanol–water partition coefficient (Wildman–Crippen LogP) is 3.55. The Hall–Kier alpha value is -2.82. The van der Waals surface area contributed by atoms with Gasteiger partial charge in [0.25, 0.3) is 5.91 Å². The Labute approximate surface area is 161 Å². The van der Waals surface area contributed by atoms with Gasteiger partial charge in [-0.25, -0.2) is 0 Å². The van der Waals surface area contributed by atoms with Crippen molar-refractivity contribution in [2.24, 2.45) is 5.92 Å². The molecule has 3 rings (SSSR count). The first-order valence-electron chi connectivity index (χ1n) is 9.39. The fourth-order valence-corrected chi connectivity index (χ4v) is 3.46. The Morgan fingerprint density at radius 2 is 1.78 bits per heavy atom. The van der Waals surface area contributed by atoms with Crippen LogP contribution in [0.1, 0.15) is 28.8 Å². The third kappa shape index (κ3) is 4.48. The number of para-hydroxylation sites is 2. The van der Waals surface area contributed by atoms with Crippen molar-refractivity contribution in [1.82, 2.24) is 4.90 Å². The normalized spacial score (nSPS) is 16.7. The molecule has 2 aromatic rings. The highest BCUT2D eigenvalue weighted by Crippen LogP contribution is 2.26. The number of aryl methyl sites for hydroxylation is 1. The van der Waals surface area contributed by atoms with Gasteiger partial charge < -0.3 is 15.1 Å². The molecule has 0 radical (unpaired) electrons. The smallest absolute Gasteiger partial charge is 0.253 e. The maximum Gasteiger partial charge on any atom is 0.253 e. The van der Waals surface area contributed by atoms with Gasteiger partial charge in [-0.15, -0.1) is 0 Å². The molecule has 0 aromatic heterocycles. The molecule has 1 aliphatic heterocycles. The Morgan fingerprint density at radius 3 is 2.48 bits per heavy atom. The van der Waals surface area contributed by atoms with E-state index in [0.29, 0.717) is 18.7 Å². The van der Waals surface area contributed by atoms with Crippen LogP contribution in [0, 0.1) is 12.8 Å². The standard InChI is InChI=1S/C22H27N3O2/c1-16-10-12-17(13-11-16)22(27)25-14-6-7-18(15-25)21(26)23-19-8-4-5-9-20(19)24(2)3/h4-5,8-13,18H,6-7,14-15H2,1-3H3,(H,23,26). The van der Waals surface area contributed by atoms with E-state index >= 15 is 0 Å². The zero-order valence-corrected chi connectivity index (χ0v) is 16.2. The van der Waals surface area contributed by atoms with E-state index in [1.54, 1.807) is 4.90 Å². The summed E-state index contributed by atoms with van der Waals surface area (Å²) in [5.74, 6) is -0.213. The van der Waals surface area contributed by atoms with Crippen LogP contribution in [-0.4, -0.2) is 43.9 Å². The number of carbonyl (C=O) groups is 2. The number of nitrogens with zero attached hydrogens (tertiary/aromatic N) is 2. The van der Waals surface area contributed by atoms with Crippen LogP contribution in [0.25, 0.3) is 0 Å². The second-order valence-electron chi connectivity index (χ2n) is 7.36. The summed E-state index contributed by atoms with van der Waals surface area (Å²) < 4.78 is 0. The lowest BCUT2D eigenvalue weighted by atomic mass is 9.96. The van der Waals surface area contributed by atoms with Crippen molar-refractivity contribution in [3.8, 4) is 0 Å². The summed E-state index contributed by atoms with van der Waals surface area (Å²) >= 11 is 0. The van der Waals surface area contributed by atoms with Crippen LogP contribution in [0.2, 0.25) is 0 Å². The molecule has 0 bridgehead atoms. The van der Waals surface area contributed by atoms with Crippen LogP contribution < -0.4 is 10.2 Å². The molecular formula is C22H27N3O2. The first-order chi connectivity index (χ1) is 13.0. The van der Waals surface area contributed by atoms with Gasteiger partial charge in [0.2, 0.25) is 5.91 Å². The largest absolute Gasteiger partial charge is 0.376 e. The van der Waals surface area contributed by atoms with Crippen molar-refractivity contribution >= 4 is 23.2 Å². The van der Waals surface area contributed by atoms with Crippen molar-refractivity contribution in [3.05, 3.63) is 59.7 Å². The van der Waals surface area contributed by atoms with E-state index in [2.05, 4.69) is 5.32 Å². The molecular weight excluding hydrogens is 338 g/mol. The lowest BCUT2D eigenvalue weighted by Crippen LogP contribution is -2.43. The van der Waals surface area contributed by atoms with Gasteiger partial charge in [0.05, 0.1) is 17.3 Å². The summed E-state index contributed by atoms with van der Waals surface area (Å²) in [5, 5.41) is 3.05. The van der Waals surface area contributed by atoms with Crippen LogP contribution >= 0.6 is 0 Å². The minimum atomic E-state index is -0.191. The molecule has 1 unspecified atom stereocenters. The molecule has 2 aromatic carbocycles. The maximum atomic E-state index is 12.8. The van der Waals surface area contributed by atoms with E-state index in [0.717, 1.165) is 29.8 Å². The fourth-order valence-electron chi connectivity index (χ4n) is 3.46. The molecule has 0 aliphatic carbocycles. The lowest BCUT2D eigenvalue weighted by molar-refractivity contribution is -0.121. The van der Waals surface area contributed by atoms with Crippen molar-refractivity contribution < 1.29 is 9.59 Å². The van der Waals surface area contributed by atoms with Crippen molar-refractivity contribution in [2.45, 2.75) is 19.8 Å². The van der Waals surface area contributed by atoms with E-state index in [9.17, 15) is 9.59 Å². The van der Waals surface area contributed by atoms with E-state index in [1.807, 2.05) is 74.4 Å². The highest BCUT2D eigenvalue weighted by molar-refractivity contribution is 5.97. The Kier molecular flexibility index (Phi) is 5.79. The molecule has 0 saturated carbocycles. The highest BCUT2D eigenvalue weighted by Gasteiger charge is 2.29. The second kappa shape index (κ2) is 8.25. The number of hydrogen-bond acceptors (Lipinski definition) is 3. The zero-order chi connectivity index (χ0) is 19.4. The van der Waals surface area contributed by atoms with Gasteiger partial charge in [0.1, 0.15) is 0 Å². The van der Waals surface area contributed by atoms with Gasteiger partial charge in [-0.05, 0) is 44.0 Å². The maximum absolute atomic E-state index is 12.8. The molecule has 2 amide bonds. The molecule has 1 fully saturated rings. The number of anilines is 2. The average Bonchev–Trinajstić information content (AvgIpc) is 2.68. The third-order valence-corrected chi connectivity index (χ3v) is 5.02. The van der Waals surface area contributed by atoms with Crippen LogP contribution in [0.4, 0.5) is 11.4 Å². The first-order valence-corrected chi connectivity index (χ1v) is 9.39. The monoisotopic (exact) mass is 365 g/mol. The molecule has 0 spiro atoms. The van der Waals surface area contributed by atoms with Gasteiger partial charge in [0.15, 0.2) is 0 Å². The number of benzene rings is 2. The van der Waals surface area contributed by atoms with Crippen molar-refractivity contribution in [1.29, 1.82) is 0 Å². The van der Waals surface area contributed by atoms with Gasteiger partial charge in [-0.2, -0.15) is 0 Å². The van der Waals surface area contributed by atoms with E-state index in [1.165, 1.54) is 0 Å². The summed E-state index contributed by atoms with van der Waals surface area (Å²) in [5.41, 5.74) is 3.57. The van der Waals surface area contributed by atoms with Gasteiger partial charge in [-0.3, -0.25) is 9.59 Å². The highest BCUT2D eigenvalue weighted by atomic mass is 16.2. The Morgan fingerprint density at radius 1 is 1.07 bits per heavy atom. The molecule has 1 saturated heterocycles. The lowest BCUT2D eigenvalue weighted by Gasteiger charge is -2.32. The van der Waals surface area contributed by atoms with Gasteiger partial charge >= 0.3 is 0 Å². The van der Waals surface area contributed by atoms with E-state index < -0.39 is 0 Å². The molecule has 1 atom stereocenters. The Bertz CT molecular complexity index is 815. The van der Waals surface area contributed by atoms with Crippen molar-refractivity contribution in [3.63, 3.8) is 0 Å². The number of piperidine rings is 1. The number of amides is 2. The minimum absolute atomic E-state index is 0.00110. The SMILES string of the molecule is Cc1ccc(C(=O)N2CCCC(C(=O)Nc3ccccc3N(C)C)C2)cc1. The quantitative estimate of drug-likeness (QED) is 0.901. The molecule has 5 heteroatoms. The molecule has 27 heavy (non-hydrogen) atoms. The second-order valence-corrected chi connectivity index (χ2v) is 7.36. The number of hydrogen-bond donors (Lipinski definition) is 1. The summed E-state index contributed by atoms with van der Waals surface area (Å²) in [6.45, 7) is 3.16. The summed E-state index contributed by atoms with van der Waals surface area (Å²) in [6.07, 6.45) is 1.64. The summed E-state index contributed by atoms with van der Waals surface area (Å²) in [7, 11) is 3.90. The number of nitrogens with one attached hydrogen (secondary N) is 1. The molecule has 5 nitrogen and oxygen atoms in total. The first kappa shape index (κ1) is 19.0. The summed E-state index contributed by atoms with van der Waals surface area (Å²) in [6, 6.07) is 15.3. The number of likely N-dealkylation sites (tertiary alicyclic amines) is 1. The van der Waals surface area contributed by atoms with E-state index in [4.69, 9.17) is 0 Å². The Balaban J connectivity index is 1.68. The fraction of sp³-hybridized carbons (Fsp3) is 0.364. The van der Waals surface area contributed by atoms with Gasteiger partial charge in [-0.1, -0.05) is 29.8 Å². The van der Waals surface area contributed by atoms with Crippen LogP contribution in [0.3, 0.4) is 0 Å².